The number of hydrogen-bond acceptors (Lipinski definition) is 4. The Morgan fingerprint density at radius 3 is 2.91 bits per heavy atom. The van der Waals surface area contributed by atoms with Crippen molar-refractivity contribution >= 4 is 38.1 Å². The van der Waals surface area contributed by atoms with Gasteiger partial charge in [0.05, 0.1) is 21.6 Å². The first-order chi connectivity index (χ1) is 11.1. The predicted molar refractivity (Wildman–Crippen MR) is 92.2 cm³/mol. The van der Waals surface area contributed by atoms with E-state index in [1.165, 1.54) is 17.4 Å². The summed E-state index contributed by atoms with van der Waals surface area (Å²) in [4.78, 5) is 16.8. The Labute approximate surface area is 134 Å². The van der Waals surface area contributed by atoms with Gasteiger partial charge in [-0.1, -0.05) is 12.1 Å². The molecule has 6 heteroatoms. The van der Waals surface area contributed by atoms with Gasteiger partial charge in [0.2, 0.25) is 5.43 Å². The molecule has 0 fully saturated rings. The first-order valence-electron chi connectivity index (χ1n) is 6.98. The number of aromatic nitrogens is 2. The molecule has 3 heterocycles. The maximum Gasteiger partial charge on any atom is 0.230 e. The quantitative estimate of drug-likeness (QED) is 0.582. The van der Waals surface area contributed by atoms with E-state index in [0.29, 0.717) is 21.4 Å². The summed E-state index contributed by atoms with van der Waals surface area (Å²) in [5.74, 6) is -0.250. The number of fused-ring (bicyclic) bond motifs is 2. The lowest BCUT2D eigenvalue weighted by molar-refractivity contribution is 0.642. The minimum Gasteiger partial charge on any atom is -0.394 e. The molecule has 0 amide bonds. The second-order valence-electron chi connectivity index (χ2n) is 5.35. The average molecular weight is 325 g/mol. The average Bonchev–Trinajstić information content (AvgIpc) is 2.98. The highest BCUT2D eigenvalue weighted by Crippen LogP contribution is 2.34. The van der Waals surface area contributed by atoms with Crippen molar-refractivity contribution < 1.29 is 4.39 Å². The van der Waals surface area contributed by atoms with Crippen LogP contribution in [0.25, 0.3) is 32.4 Å². The summed E-state index contributed by atoms with van der Waals surface area (Å²) in [6, 6.07) is 8.64. The van der Waals surface area contributed by atoms with E-state index in [-0.39, 0.29) is 16.9 Å². The smallest absolute Gasteiger partial charge is 0.230 e. The Bertz CT molecular complexity index is 1130. The monoisotopic (exact) mass is 325 g/mol. The number of benzene rings is 1. The van der Waals surface area contributed by atoms with Gasteiger partial charge in [-0.25, -0.2) is 9.37 Å². The fourth-order valence-corrected chi connectivity index (χ4v) is 3.72. The van der Waals surface area contributed by atoms with Gasteiger partial charge in [-0.05, 0) is 18.2 Å². The van der Waals surface area contributed by atoms with E-state index in [4.69, 9.17) is 5.73 Å². The van der Waals surface area contributed by atoms with Crippen molar-refractivity contribution in [1.82, 2.24) is 9.55 Å². The topological polar surface area (TPSA) is 60.9 Å². The van der Waals surface area contributed by atoms with Crippen LogP contribution in [0.15, 0.2) is 46.7 Å². The van der Waals surface area contributed by atoms with Gasteiger partial charge < -0.3 is 10.3 Å². The number of halogens is 1. The molecule has 114 valence electrons. The first-order valence-corrected chi connectivity index (χ1v) is 7.86. The fraction of sp³-hybridized carbons (Fsp3) is 0.0588. The Kier molecular flexibility index (Phi) is 2.96. The Morgan fingerprint density at radius 2 is 2.09 bits per heavy atom. The zero-order valence-electron chi connectivity index (χ0n) is 12.2. The van der Waals surface area contributed by atoms with E-state index < -0.39 is 0 Å². The van der Waals surface area contributed by atoms with Crippen LogP contribution in [0.1, 0.15) is 0 Å². The second kappa shape index (κ2) is 4.89. The van der Waals surface area contributed by atoms with E-state index in [1.807, 2.05) is 30.6 Å². The summed E-state index contributed by atoms with van der Waals surface area (Å²) in [5.41, 5.74) is 8.10. The lowest BCUT2D eigenvalue weighted by Gasteiger charge is -2.07. The third kappa shape index (κ3) is 2.03. The number of pyridine rings is 2. The molecular formula is C17H12FN3OS. The summed E-state index contributed by atoms with van der Waals surface area (Å²) in [5, 5.41) is 2.65. The summed E-state index contributed by atoms with van der Waals surface area (Å²) in [6.45, 7) is 0. The molecule has 0 aliphatic heterocycles. The van der Waals surface area contributed by atoms with Gasteiger partial charge >= 0.3 is 0 Å². The SMILES string of the molecule is Cn1cc(N)c(=O)c2nc(-c3csc4c(F)cccc34)ccc21. The maximum absolute atomic E-state index is 13.9. The van der Waals surface area contributed by atoms with E-state index >= 15 is 0 Å². The second-order valence-corrected chi connectivity index (χ2v) is 6.23. The predicted octanol–water partition coefficient (Wildman–Crippen LogP) is 3.54. The van der Waals surface area contributed by atoms with E-state index in [1.54, 1.807) is 16.8 Å². The first kappa shape index (κ1) is 13.9. The highest BCUT2D eigenvalue weighted by Gasteiger charge is 2.13. The van der Waals surface area contributed by atoms with Gasteiger partial charge in [0, 0.05) is 29.6 Å². The minimum absolute atomic E-state index is 0.158. The van der Waals surface area contributed by atoms with Crippen LogP contribution in [-0.4, -0.2) is 9.55 Å². The third-order valence-electron chi connectivity index (χ3n) is 3.89. The molecule has 0 saturated carbocycles. The Balaban J connectivity index is 2.04. The molecule has 0 unspecified atom stereocenters. The van der Waals surface area contributed by atoms with Crippen molar-refractivity contribution in [2.75, 3.05) is 5.73 Å². The van der Waals surface area contributed by atoms with Gasteiger partial charge in [-0.2, -0.15) is 0 Å². The van der Waals surface area contributed by atoms with Crippen molar-refractivity contribution in [2.24, 2.45) is 7.05 Å². The summed E-state index contributed by atoms with van der Waals surface area (Å²) < 4.78 is 16.2. The summed E-state index contributed by atoms with van der Waals surface area (Å²) >= 11 is 1.33. The van der Waals surface area contributed by atoms with Gasteiger partial charge in [0.25, 0.3) is 0 Å². The number of hydrogen-bond donors (Lipinski definition) is 1. The molecule has 0 bridgehead atoms. The molecule has 23 heavy (non-hydrogen) atoms. The maximum atomic E-state index is 13.9. The zero-order chi connectivity index (χ0) is 16.1. The van der Waals surface area contributed by atoms with Crippen LogP contribution in [0.4, 0.5) is 10.1 Å². The number of nitrogens with two attached hydrogens (primary N) is 1. The summed E-state index contributed by atoms with van der Waals surface area (Å²) in [6.07, 6.45) is 1.58. The molecule has 0 radical (unpaired) electrons. The number of anilines is 1. The van der Waals surface area contributed by atoms with Gasteiger partial charge in [0.1, 0.15) is 11.3 Å². The van der Waals surface area contributed by atoms with Crippen LogP contribution in [0.5, 0.6) is 0 Å². The molecule has 1 aromatic carbocycles. The van der Waals surface area contributed by atoms with Crippen LogP contribution < -0.4 is 11.2 Å². The molecule has 2 N–H and O–H groups in total. The molecule has 4 nitrogen and oxygen atoms in total. The van der Waals surface area contributed by atoms with Crippen molar-refractivity contribution in [3.8, 4) is 11.3 Å². The van der Waals surface area contributed by atoms with Crippen LogP contribution in [0.2, 0.25) is 0 Å². The van der Waals surface area contributed by atoms with E-state index in [0.717, 1.165) is 10.9 Å². The fourth-order valence-electron chi connectivity index (χ4n) is 2.75. The Hall–Kier alpha value is -2.73. The zero-order valence-corrected chi connectivity index (χ0v) is 13.0. The molecule has 4 rings (SSSR count). The molecule has 0 saturated heterocycles. The van der Waals surface area contributed by atoms with E-state index in [9.17, 15) is 9.18 Å². The number of aryl methyl sites for hydroxylation is 1. The lowest BCUT2D eigenvalue weighted by atomic mass is 10.1. The van der Waals surface area contributed by atoms with Crippen LogP contribution >= 0.6 is 11.3 Å². The van der Waals surface area contributed by atoms with Crippen LogP contribution in [-0.2, 0) is 7.05 Å². The Morgan fingerprint density at radius 1 is 1.26 bits per heavy atom. The van der Waals surface area contributed by atoms with Crippen LogP contribution in [0.3, 0.4) is 0 Å². The highest BCUT2D eigenvalue weighted by atomic mass is 32.1. The number of rotatable bonds is 1. The number of nitrogens with zero attached hydrogens (tertiary/aromatic N) is 2. The van der Waals surface area contributed by atoms with Crippen molar-refractivity contribution in [2.45, 2.75) is 0 Å². The number of thiophene rings is 1. The number of nitrogen functional groups attached to an aromatic ring is 1. The van der Waals surface area contributed by atoms with Crippen molar-refractivity contribution in [1.29, 1.82) is 0 Å². The van der Waals surface area contributed by atoms with E-state index in [2.05, 4.69) is 4.98 Å². The van der Waals surface area contributed by atoms with Crippen molar-refractivity contribution in [3.63, 3.8) is 0 Å². The van der Waals surface area contributed by atoms with Gasteiger partial charge in [-0.15, -0.1) is 11.3 Å². The lowest BCUT2D eigenvalue weighted by Crippen LogP contribution is -2.13. The summed E-state index contributed by atoms with van der Waals surface area (Å²) in [7, 11) is 1.81. The highest BCUT2D eigenvalue weighted by molar-refractivity contribution is 7.17. The van der Waals surface area contributed by atoms with Gasteiger partial charge in [0.15, 0.2) is 0 Å². The standard InChI is InChI=1S/C17H12FN3OS/c1-21-7-12(19)16(22)15-14(21)6-5-13(20-15)10-8-23-17-9(10)3-2-4-11(17)18/h2-8H,19H2,1H3. The molecule has 0 aliphatic rings. The minimum atomic E-state index is -0.286. The molecule has 0 aliphatic carbocycles. The molecule has 0 spiro atoms. The molecule has 0 atom stereocenters. The van der Waals surface area contributed by atoms with Crippen molar-refractivity contribution in [3.05, 3.63) is 57.9 Å². The molecular weight excluding hydrogens is 313 g/mol. The molecule has 4 aromatic rings. The normalized spacial score (nSPS) is 11.4. The largest absolute Gasteiger partial charge is 0.394 e. The molecule has 3 aromatic heterocycles. The third-order valence-corrected chi connectivity index (χ3v) is 4.90. The van der Waals surface area contributed by atoms with Crippen LogP contribution in [0, 0.1) is 5.82 Å². The van der Waals surface area contributed by atoms with Gasteiger partial charge in [-0.3, -0.25) is 4.79 Å².